The fourth-order valence-corrected chi connectivity index (χ4v) is 2.87. The van der Waals surface area contributed by atoms with Crippen molar-refractivity contribution in [2.45, 2.75) is 6.42 Å². The van der Waals surface area contributed by atoms with Crippen LogP contribution >= 0.6 is 0 Å². The summed E-state index contributed by atoms with van der Waals surface area (Å²) in [5.74, 6) is -0.0845. The topological polar surface area (TPSA) is 183 Å². The van der Waals surface area contributed by atoms with E-state index in [1.54, 1.807) is 0 Å². The van der Waals surface area contributed by atoms with Crippen molar-refractivity contribution in [2.24, 2.45) is 11.5 Å². The molecule has 15 heteroatoms. The smallest absolute Gasteiger partial charge is 0.222 e. The van der Waals surface area contributed by atoms with Gasteiger partial charge in [0.05, 0.1) is 145 Å². The third kappa shape index (κ3) is 37.0. The minimum absolute atomic E-state index is 0.0845. The summed E-state index contributed by atoms with van der Waals surface area (Å²) >= 11 is 0. The maximum atomic E-state index is 11.8. The van der Waals surface area contributed by atoms with E-state index in [9.17, 15) is 4.79 Å². The molecule has 0 bridgehead atoms. The number of carbonyl (C=O) groups excluding carboxylic acids is 1. The molecule has 0 heterocycles. The van der Waals surface area contributed by atoms with E-state index in [1.165, 1.54) is 0 Å². The van der Waals surface area contributed by atoms with Crippen molar-refractivity contribution in [3.8, 4) is 0 Å². The molecule has 0 spiro atoms. The van der Waals surface area contributed by atoms with Crippen molar-refractivity contribution in [1.29, 1.82) is 0 Å². The highest BCUT2D eigenvalue weighted by Gasteiger charge is 2.01. The number of hydrogen-bond acceptors (Lipinski definition) is 14. The van der Waals surface area contributed by atoms with Crippen LogP contribution in [0.15, 0.2) is 0 Å². The van der Waals surface area contributed by atoms with Crippen LogP contribution in [0.25, 0.3) is 0 Å². The van der Waals surface area contributed by atoms with Gasteiger partial charge >= 0.3 is 0 Å². The number of amides is 1. The predicted octanol–water partition coefficient (Wildman–Crippen LogP) is -1.41. The molecule has 15 nitrogen and oxygen atoms in total. The second kappa shape index (κ2) is 38.0. The molecule has 0 fully saturated rings. The normalized spacial score (nSPS) is 11.4. The molecule has 5 N–H and O–H groups in total. The summed E-state index contributed by atoms with van der Waals surface area (Å²) in [6.45, 7) is 12.2. The Balaban J connectivity index is 3.14. The van der Waals surface area contributed by atoms with Gasteiger partial charge in [-0.15, -0.1) is 0 Å². The molecule has 252 valence electrons. The van der Waals surface area contributed by atoms with E-state index < -0.39 is 0 Å². The maximum Gasteiger partial charge on any atom is 0.222 e. The summed E-state index contributed by atoms with van der Waals surface area (Å²) in [7, 11) is 0. The lowest BCUT2D eigenvalue weighted by molar-refractivity contribution is -0.122. The van der Waals surface area contributed by atoms with Crippen LogP contribution in [-0.2, 0) is 56.9 Å². The van der Waals surface area contributed by atoms with E-state index in [0.29, 0.717) is 165 Å². The van der Waals surface area contributed by atoms with E-state index in [4.69, 9.17) is 63.6 Å². The Morgan fingerprint density at radius 2 is 0.595 bits per heavy atom. The Morgan fingerprint density at radius 3 is 0.881 bits per heavy atom. The van der Waals surface area contributed by atoms with Gasteiger partial charge in [0.15, 0.2) is 0 Å². The molecule has 0 aliphatic heterocycles. The minimum Gasteiger partial charge on any atom is -0.379 e. The zero-order valence-electron chi connectivity index (χ0n) is 25.4. The Morgan fingerprint density at radius 1 is 0.357 bits per heavy atom. The molecule has 42 heavy (non-hydrogen) atoms. The summed E-state index contributed by atoms with van der Waals surface area (Å²) in [6, 6.07) is 0. The van der Waals surface area contributed by atoms with Crippen LogP contribution in [-0.4, -0.2) is 171 Å². The molecule has 0 radical (unpaired) electrons. The average molecular weight is 616 g/mol. The largest absolute Gasteiger partial charge is 0.379 e. The van der Waals surface area contributed by atoms with E-state index in [-0.39, 0.29) is 12.3 Å². The molecule has 0 saturated heterocycles. The van der Waals surface area contributed by atoms with Crippen LogP contribution in [0.3, 0.4) is 0 Å². The standard InChI is InChI=1S/C27H57N3O12/c28-2-6-33-10-14-37-18-22-41-24-20-39-16-12-35-8-4-30-27(31)1-5-32-9-13-36-17-21-40-25-26-42-23-19-38-15-11-34-7-3-29/h1-26,28-29H2,(H,30,31). The number of hydrogen-bond donors (Lipinski definition) is 3. The van der Waals surface area contributed by atoms with Crippen LogP contribution in [0.2, 0.25) is 0 Å². The van der Waals surface area contributed by atoms with Gasteiger partial charge in [0.2, 0.25) is 5.91 Å². The minimum atomic E-state index is -0.0845. The van der Waals surface area contributed by atoms with Crippen LogP contribution in [0.4, 0.5) is 0 Å². The van der Waals surface area contributed by atoms with Crippen molar-refractivity contribution >= 4 is 5.91 Å². The van der Waals surface area contributed by atoms with Crippen LogP contribution in [0, 0.1) is 0 Å². The van der Waals surface area contributed by atoms with E-state index >= 15 is 0 Å². The molecule has 0 atom stereocenters. The third-order valence-corrected chi connectivity index (χ3v) is 4.91. The van der Waals surface area contributed by atoms with Gasteiger partial charge in [0, 0.05) is 26.1 Å². The third-order valence-electron chi connectivity index (χ3n) is 4.91. The van der Waals surface area contributed by atoms with Crippen LogP contribution < -0.4 is 16.8 Å². The number of nitrogens with one attached hydrogen (secondary N) is 1. The average Bonchev–Trinajstić information content (AvgIpc) is 3.00. The first-order valence-corrected chi connectivity index (χ1v) is 14.8. The molecular formula is C27H57N3O12. The predicted molar refractivity (Wildman–Crippen MR) is 155 cm³/mol. The Bertz CT molecular complexity index is 527. The molecule has 0 aliphatic rings. The molecule has 1 amide bonds. The van der Waals surface area contributed by atoms with Crippen molar-refractivity contribution in [1.82, 2.24) is 5.32 Å². The van der Waals surface area contributed by atoms with Gasteiger partial charge in [-0.05, 0) is 0 Å². The van der Waals surface area contributed by atoms with Crippen molar-refractivity contribution in [3.63, 3.8) is 0 Å². The second-order valence-electron chi connectivity index (χ2n) is 8.41. The van der Waals surface area contributed by atoms with Gasteiger partial charge in [-0.1, -0.05) is 0 Å². The fourth-order valence-electron chi connectivity index (χ4n) is 2.87. The first-order chi connectivity index (χ1) is 20.8. The van der Waals surface area contributed by atoms with E-state index in [0.717, 1.165) is 0 Å². The molecule has 0 aromatic heterocycles. The summed E-state index contributed by atoms with van der Waals surface area (Å²) in [6.07, 6.45) is 0.284. The van der Waals surface area contributed by atoms with Crippen molar-refractivity contribution in [3.05, 3.63) is 0 Å². The summed E-state index contributed by atoms with van der Waals surface area (Å²) < 4.78 is 59.0. The molecule has 0 rings (SSSR count). The highest BCUT2D eigenvalue weighted by atomic mass is 16.6. The van der Waals surface area contributed by atoms with Gasteiger partial charge < -0.3 is 68.9 Å². The van der Waals surface area contributed by atoms with E-state index in [2.05, 4.69) is 5.32 Å². The van der Waals surface area contributed by atoms with Gasteiger partial charge in [-0.3, -0.25) is 4.79 Å². The summed E-state index contributed by atoms with van der Waals surface area (Å²) in [5, 5.41) is 2.79. The summed E-state index contributed by atoms with van der Waals surface area (Å²) in [5.41, 5.74) is 10.6. The van der Waals surface area contributed by atoms with Crippen molar-refractivity contribution in [2.75, 3.05) is 165 Å². The monoisotopic (exact) mass is 615 g/mol. The molecule has 0 saturated carbocycles. The van der Waals surface area contributed by atoms with E-state index in [1.807, 2.05) is 0 Å². The second-order valence-corrected chi connectivity index (χ2v) is 8.41. The molecule has 0 aromatic rings. The zero-order chi connectivity index (χ0) is 30.4. The lowest BCUT2D eigenvalue weighted by atomic mass is 10.4. The van der Waals surface area contributed by atoms with Gasteiger partial charge in [-0.25, -0.2) is 0 Å². The van der Waals surface area contributed by atoms with Crippen molar-refractivity contribution < 1.29 is 56.9 Å². The lowest BCUT2D eigenvalue weighted by Gasteiger charge is -2.09. The molecule has 0 aromatic carbocycles. The Labute approximate surface area is 251 Å². The SMILES string of the molecule is NCCOCCOCCOCCOCCOCCNC(=O)CCOCCOCCOCCOCCOCCOCCN. The first-order valence-electron chi connectivity index (χ1n) is 14.8. The highest BCUT2D eigenvalue weighted by Crippen LogP contribution is 1.88. The fraction of sp³-hybridized carbons (Fsp3) is 0.963. The molecule has 0 unspecified atom stereocenters. The number of rotatable bonds is 37. The van der Waals surface area contributed by atoms with Crippen LogP contribution in [0.5, 0.6) is 0 Å². The van der Waals surface area contributed by atoms with Gasteiger partial charge in [0.1, 0.15) is 0 Å². The van der Waals surface area contributed by atoms with Crippen LogP contribution in [0.1, 0.15) is 6.42 Å². The van der Waals surface area contributed by atoms with Gasteiger partial charge in [-0.2, -0.15) is 0 Å². The first kappa shape index (κ1) is 41.0. The quantitative estimate of drug-likeness (QED) is 0.0693. The zero-order valence-corrected chi connectivity index (χ0v) is 25.4. The maximum absolute atomic E-state index is 11.8. The molecular weight excluding hydrogens is 558 g/mol. The lowest BCUT2D eigenvalue weighted by Crippen LogP contribution is -2.28. The number of ether oxygens (including phenoxy) is 11. The van der Waals surface area contributed by atoms with Gasteiger partial charge in [0.25, 0.3) is 0 Å². The number of nitrogens with two attached hydrogens (primary N) is 2. The molecule has 0 aliphatic carbocycles. The highest BCUT2D eigenvalue weighted by molar-refractivity contribution is 5.75. The Hall–Kier alpha value is -1.05. The Kier molecular flexibility index (Phi) is 37.0. The number of carbonyl (C=O) groups is 1. The summed E-state index contributed by atoms with van der Waals surface area (Å²) in [4.78, 5) is 11.8.